The number of fused-ring (bicyclic) bond motifs is 1. The molecule has 2 N–H and O–H groups in total. The highest BCUT2D eigenvalue weighted by molar-refractivity contribution is 8.00. The SMILES string of the molecule is CCOc1ccc(SNC(=O)CN(Sc2ccc(OC)cc2)c2cccc3c2CCN3C(C(=O)NSc2ccc(C)cc2OC)c2cccc(OC)c2)cc1. The fourth-order valence-corrected chi connectivity index (χ4v) is 8.46. The number of methoxy groups -OCH3 is 3. The number of carbonyl (C=O) groups is 2. The quantitative estimate of drug-likeness (QED) is 0.0885. The second-order valence-corrected chi connectivity index (χ2v) is 15.3. The van der Waals surface area contributed by atoms with E-state index >= 15 is 0 Å². The lowest BCUT2D eigenvalue weighted by Gasteiger charge is -2.31. The Morgan fingerprint density at radius 1 is 0.782 bits per heavy atom. The second-order valence-electron chi connectivity index (χ2n) is 12.5. The Kier molecular flexibility index (Phi) is 13.6. The average molecular weight is 797 g/mol. The highest BCUT2D eigenvalue weighted by Gasteiger charge is 2.35. The largest absolute Gasteiger partial charge is 0.497 e. The first-order valence-corrected chi connectivity index (χ1v) is 20.1. The summed E-state index contributed by atoms with van der Waals surface area (Å²) >= 11 is 3.97. The molecule has 1 aliphatic heterocycles. The van der Waals surface area contributed by atoms with Crippen molar-refractivity contribution in [2.45, 2.75) is 41.0 Å². The van der Waals surface area contributed by atoms with Crippen LogP contribution in [-0.4, -0.2) is 52.8 Å². The van der Waals surface area contributed by atoms with E-state index in [4.69, 9.17) is 18.9 Å². The Morgan fingerprint density at radius 3 is 2.24 bits per heavy atom. The summed E-state index contributed by atoms with van der Waals surface area (Å²) in [4.78, 5) is 32.7. The van der Waals surface area contributed by atoms with Crippen LogP contribution in [0.3, 0.4) is 0 Å². The van der Waals surface area contributed by atoms with Crippen LogP contribution in [0.1, 0.15) is 29.7 Å². The molecule has 1 atom stereocenters. The number of amides is 2. The van der Waals surface area contributed by atoms with Crippen molar-refractivity contribution in [3.63, 3.8) is 0 Å². The van der Waals surface area contributed by atoms with Gasteiger partial charge in [0.15, 0.2) is 0 Å². The van der Waals surface area contributed by atoms with Crippen molar-refractivity contribution in [3.05, 3.63) is 126 Å². The van der Waals surface area contributed by atoms with Crippen LogP contribution >= 0.6 is 35.8 Å². The third-order valence-corrected chi connectivity index (χ3v) is 11.6. The van der Waals surface area contributed by atoms with Gasteiger partial charge in [0.05, 0.1) is 38.5 Å². The number of hydrogen-bond acceptors (Lipinski definition) is 11. The van der Waals surface area contributed by atoms with Crippen LogP contribution < -0.4 is 37.6 Å². The van der Waals surface area contributed by atoms with E-state index in [1.807, 2.05) is 127 Å². The highest BCUT2D eigenvalue weighted by atomic mass is 32.2. The van der Waals surface area contributed by atoms with Crippen LogP contribution in [0.2, 0.25) is 0 Å². The predicted octanol–water partition coefficient (Wildman–Crippen LogP) is 8.68. The maximum Gasteiger partial charge on any atom is 0.257 e. The predicted molar refractivity (Wildman–Crippen MR) is 223 cm³/mol. The van der Waals surface area contributed by atoms with Gasteiger partial charge in [-0.25, -0.2) is 0 Å². The molecule has 286 valence electrons. The molecule has 0 saturated carbocycles. The summed E-state index contributed by atoms with van der Waals surface area (Å²) in [5.74, 6) is 2.53. The second kappa shape index (κ2) is 19.0. The van der Waals surface area contributed by atoms with Crippen molar-refractivity contribution in [1.82, 2.24) is 9.44 Å². The van der Waals surface area contributed by atoms with E-state index < -0.39 is 6.04 Å². The lowest BCUT2D eigenvalue weighted by molar-refractivity contribution is -0.120. The molecule has 0 bridgehead atoms. The Morgan fingerprint density at radius 2 is 1.51 bits per heavy atom. The van der Waals surface area contributed by atoms with Gasteiger partial charge in [-0.15, -0.1) is 0 Å². The minimum Gasteiger partial charge on any atom is -0.497 e. The third-order valence-electron chi connectivity index (χ3n) is 8.84. The smallest absolute Gasteiger partial charge is 0.257 e. The summed E-state index contributed by atoms with van der Waals surface area (Å²) in [7, 11) is 4.88. The molecule has 1 heterocycles. The number of aryl methyl sites for hydroxylation is 1. The van der Waals surface area contributed by atoms with E-state index in [-0.39, 0.29) is 18.4 Å². The van der Waals surface area contributed by atoms with Crippen LogP contribution in [0.15, 0.2) is 124 Å². The van der Waals surface area contributed by atoms with E-state index in [0.717, 1.165) is 54.3 Å². The first-order valence-electron chi connectivity index (χ1n) is 17.7. The number of nitrogens with zero attached hydrogens (tertiary/aromatic N) is 2. The average Bonchev–Trinajstić information content (AvgIpc) is 3.64. The van der Waals surface area contributed by atoms with Gasteiger partial charge < -0.3 is 28.2 Å². The molecule has 0 aliphatic carbocycles. The molecular formula is C42H44N4O6S3. The Hall–Kier alpha value is -5.11. The monoisotopic (exact) mass is 796 g/mol. The summed E-state index contributed by atoms with van der Waals surface area (Å²) in [5, 5.41) is 0. The Bertz CT molecular complexity index is 2080. The number of carbonyl (C=O) groups excluding carboxylic acids is 2. The molecule has 0 fully saturated rings. The van der Waals surface area contributed by atoms with Crippen molar-refractivity contribution in [2.24, 2.45) is 0 Å². The van der Waals surface area contributed by atoms with Gasteiger partial charge in [-0.3, -0.25) is 19.0 Å². The van der Waals surface area contributed by atoms with Crippen LogP contribution in [0.25, 0.3) is 0 Å². The summed E-state index contributed by atoms with van der Waals surface area (Å²) < 4.78 is 30.3. The van der Waals surface area contributed by atoms with Gasteiger partial charge in [0.25, 0.3) is 11.8 Å². The number of hydrogen-bond donors (Lipinski definition) is 2. The van der Waals surface area contributed by atoms with Gasteiger partial charge in [-0.05, 0) is 152 Å². The lowest BCUT2D eigenvalue weighted by atomic mass is 10.0. The maximum atomic E-state index is 14.3. The van der Waals surface area contributed by atoms with Crippen molar-refractivity contribution >= 4 is 59.0 Å². The molecule has 1 aliphatic rings. The Labute approximate surface area is 335 Å². The summed E-state index contributed by atoms with van der Waals surface area (Å²) in [6.07, 6.45) is 0.667. The van der Waals surface area contributed by atoms with Gasteiger partial charge in [0.1, 0.15) is 35.6 Å². The van der Waals surface area contributed by atoms with Crippen molar-refractivity contribution < 1.29 is 28.5 Å². The maximum absolute atomic E-state index is 14.3. The molecule has 10 nitrogen and oxygen atoms in total. The van der Waals surface area contributed by atoms with Crippen molar-refractivity contribution in [3.8, 4) is 23.0 Å². The molecule has 0 spiro atoms. The topological polar surface area (TPSA) is 102 Å². The molecule has 0 aromatic heterocycles. The number of nitrogens with one attached hydrogen (secondary N) is 2. The van der Waals surface area contributed by atoms with E-state index in [0.29, 0.717) is 31.1 Å². The van der Waals surface area contributed by atoms with E-state index in [1.54, 1.807) is 21.3 Å². The Balaban J connectivity index is 1.29. The molecule has 0 radical (unpaired) electrons. The molecule has 2 amide bonds. The first-order chi connectivity index (χ1) is 26.8. The van der Waals surface area contributed by atoms with Crippen LogP contribution in [-0.2, 0) is 16.0 Å². The van der Waals surface area contributed by atoms with E-state index in [2.05, 4.69) is 14.3 Å². The zero-order chi connectivity index (χ0) is 38.7. The van der Waals surface area contributed by atoms with E-state index in [9.17, 15) is 9.59 Å². The fraction of sp³-hybridized carbons (Fsp3) is 0.238. The normalized spacial score (nSPS) is 12.3. The number of rotatable bonds is 17. The molecule has 5 aromatic carbocycles. The van der Waals surface area contributed by atoms with Crippen LogP contribution in [0, 0.1) is 6.92 Å². The van der Waals surface area contributed by atoms with Gasteiger partial charge >= 0.3 is 0 Å². The first kappa shape index (κ1) is 39.6. The fourth-order valence-electron chi connectivity index (χ4n) is 6.23. The molecule has 5 aromatic rings. The third kappa shape index (κ3) is 9.96. The molecule has 6 rings (SSSR count). The lowest BCUT2D eigenvalue weighted by Crippen LogP contribution is -2.37. The van der Waals surface area contributed by atoms with E-state index in [1.165, 1.54) is 35.8 Å². The minimum absolute atomic E-state index is 0.0754. The molecular weight excluding hydrogens is 753 g/mol. The molecule has 1 unspecified atom stereocenters. The summed E-state index contributed by atoms with van der Waals surface area (Å²) in [6, 6.07) is 34.3. The van der Waals surface area contributed by atoms with Crippen molar-refractivity contribution in [2.75, 3.05) is 50.2 Å². The van der Waals surface area contributed by atoms with Crippen LogP contribution in [0.4, 0.5) is 11.4 Å². The standard InChI is InChI=1S/C42H44N4O6S3/c1-6-52-31-16-18-33(19-17-31)53-43-40(47)27-46(55-34-20-14-30(49-3)15-21-34)37-12-8-11-36-35(37)23-24-45(36)41(29-9-7-10-32(26-29)50-4)42(48)44-54-39-22-13-28(2)25-38(39)51-5/h7-22,25-26,41H,6,23-24,27H2,1-5H3,(H,43,47)(H,44,48). The zero-order valence-electron chi connectivity index (χ0n) is 31.4. The number of anilines is 2. The number of benzene rings is 5. The summed E-state index contributed by atoms with van der Waals surface area (Å²) in [5.41, 5.74) is 4.72. The van der Waals surface area contributed by atoms with Gasteiger partial charge in [0, 0.05) is 27.6 Å². The van der Waals surface area contributed by atoms with Gasteiger partial charge in [-0.1, -0.05) is 24.3 Å². The van der Waals surface area contributed by atoms with Gasteiger partial charge in [-0.2, -0.15) is 0 Å². The van der Waals surface area contributed by atoms with Crippen LogP contribution in [0.5, 0.6) is 23.0 Å². The molecule has 55 heavy (non-hydrogen) atoms. The van der Waals surface area contributed by atoms with Gasteiger partial charge in [0.2, 0.25) is 0 Å². The summed E-state index contributed by atoms with van der Waals surface area (Å²) in [6.45, 7) is 5.19. The number of ether oxygens (including phenoxy) is 4. The molecule has 13 heteroatoms. The van der Waals surface area contributed by atoms with Crippen molar-refractivity contribution in [1.29, 1.82) is 0 Å². The highest BCUT2D eigenvalue weighted by Crippen LogP contribution is 2.43. The zero-order valence-corrected chi connectivity index (χ0v) is 33.8. The minimum atomic E-state index is -0.674. The molecule has 0 saturated heterocycles.